The Kier molecular flexibility index (Phi) is 7.74. The van der Waals surface area contributed by atoms with E-state index in [2.05, 4.69) is 16.4 Å². The van der Waals surface area contributed by atoms with E-state index in [-0.39, 0.29) is 12.4 Å². The third kappa shape index (κ3) is 6.05. The average Bonchev–Trinajstić information content (AvgIpc) is 2.63. The molecular formula is C20H19Cl2N2O-. The van der Waals surface area contributed by atoms with Crippen molar-refractivity contribution in [2.24, 2.45) is 0 Å². The smallest absolute Gasteiger partial charge is 0.124 e. The molecule has 3 nitrogen and oxygen atoms in total. The van der Waals surface area contributed by atoms with Gasteiger partial charge in [0.05, 0.1) is 0 Å². The first-order valence-electron chi connectivity index (χ1n) is 7.86. The molecule has 3 aromatic rings. The highest BCUT2D eigenvalue weighted by Gasteiger charge is 2.03. The van der Waals surface area contributed by atoms with Gasteiger partial charge in [0.1, 0.15) is 12.4 Å². The molecule has 0 bridgehead atoms. The highest BCUT2D eigenvalue weighted by molar-refractivity contribution is 6.30. The van der Waals surface area contributed by atoms with Crippen LogP contribution in [0, 0.1) is 0 Å². The lowest BCUT2D eigenvalue weighted by atomic mass is 10.2. The molecule has 5 heteroatoms. The van der Waals surface area contributed by atoms with Gasteiger partial charge in [0.15, 0.2) is 0 Å². The molecule has 1 N–H and O–H groups in total. The number of benzene rings is 2. The maximum atomic E-state index is 5.97. The number of nitrogens with zero attached hydrogens (tertiary/aromatic N) is 1. The van der Waals surface area contributed by atoms with Crippen LogP contribution in [0.25, 0.3) is 0 Å². The van der Waals surface area contributed by atoms with E-state index in [1.165, 1.54) is 5.56 Å². The Labute approximate surface area is 159 Å². The normalized spacial score (nSPS) is 10.1. The van der Waals surface area contributed by atoms with Crippen LogP contribution in [0.15, 0.2) is 73.1 Å². The number of pyridine rings is 1. The minimum absolute atomic E-state index is 0. The Hall–Kier alpha value is -2.07. The van der Waals surface area contributed by atoms with Crippen LogP contribution in [0.2, 0.25) is 5.02 Å². The second-order valence-corrected chi connectivity index (χ2v) is 5.92. The summed E-state index contributed by atoms with van der Waals surface area (Å²) in [4.78, 5) is 4.03. The minimum Gasteiger partial charge on any atom is -1.00 e. The third-order valence-corrected chi connectivity index (χ3v) is 3.93. The molecule has 1 heterocycles. The van der Waals surface area contributed by atoms with Gasteiger partial charge in [-0.15, -0.1) is 0 Å². The predicted molar refractivity (Wildman–Crippen MR) is 97.0 cm³/mol. The van der Waals surface area contributed by atoms with Crippen LogP contribution in [0.3, 0.4) is 0 Å². The fourth-order valence-corrected chi connectivity index (χ4v) is 2.50. The van der Waals surface area contributed by atoms with Crippen molar-refractivity contribution in [3.63, 3.8) is 0 Å². The number of hydrogen-bond acceptors (Lipinski definition) is 3. The zero-order valence-corrected chi connectivity index (χ0v) is 15.2. The Balaban J connectivity index is 0.00000225. The molecule has 0 fully saturated rings. The van der Waals surface area contributed by atoms with Crippen LogP contribution in [0.5, 0.6) is 5.75 Å². The monoisotopic (exact) mass is 373 g/mol. The van der Waals surface area contributed by atoms with Gasteiger partial charge < -0.3 is 22.5 Å². The summed E-state index contributed by atoms with van der Waals surface area (Å²) in [5, 5.41) is 4.17. The summed E-state index contributed by atoms with van der Waals surface area (Å²) in [5.74, 6) is 0.898. The van der Waals surface area contributed by atoms with Crippen LogP contribution < -0.4 is 22.5 Å². The van der Waals surface area contributed by atoms with Crippen molar-refractivity contribution in [3.8, 4) is 5.75 Å². The van der Waals surface area contributed by atoms with Crippen molar-refractivity contribution in [2.75, 3.05) is 0 Å². The van der Waals surface area contributed by atoms with Crippen molar-refractivity contribution in [2.45, 2.75) is 19.7 Å². The SMILES string of the molecule is Clc1ccc(COc2ccccc2CNCc2ccncc2)cc1.[Cl-]. The van der Waals surface area contributed by atoms with Gasteiger partial charge in [0, 0.05) is 36.1 Å². The zero-order chi connectivity index (χ0) is 16.6. The van der Waals surface area contributed by atoms with E-state index >= 15 is 0 Å². The average molecular weight is 374 g/mol. The summed E-state index contributed by atoms with van der Waals surface area (Å²) in [5.41, 5.74) is 3.45. The van der Waals surface area contributed by atoms with E-state index in [1.807, 2.05) is 54.6 Å². The Morgan fingerprint density at radius 1 is 0.840 bits per heavy atom. The van der Waals surface area contributed by atoms with Gasteiger partial charge >= 0.3 is 0 Å². The highest BCUT2D eigenvalue weighted by atomic mass is 35.5. The van der Waals surface area contributed by atoms with E-state index < -0.39 is 0 Å². The number of ether oxygens (including phenoxy) is 1. The van der Waals surface area contributed by atoms with Gasteiger partial charge in [-0.25, -0.2) is 0 Å². The summed E-state index contributed by atoms with van der Waals surface area (Å²) in [6.45, 7) is 2.08. The minimum atomic E-state index is 0. The van der Waals surface area contributed by atoms with Gasteiger partial charge in [0.25, 0.3) is 0 Å². The van der Waals surface area contributed by atoms with Gasteiger partial charge in [-0.05, 0) is 41.5 Å². The quantitative estimate of drug-likeness (QED) is 0.683. The van der Waals surface area contributed by atoms with Crippen LogP contribution in [-0.4, -0.2) is 4.98 Å². The number of para-hydroxylation sites is 1. The van der Waals surface area contributed by atoms with Crippen LogP contribution in [0.1, 0.15) is 16.7 Å². The molecular weight excluding hydrogens is 355 g/mol. The predicted octanol–water partition coefficient (Wildman–Crippen LogP) is 1.61. The second kappa shape index (κ2) is 10.0. The maximum Gasteiger partial charge on any atom is 0.124 e. The van der Waals surface area contributed by atoms with Gasteiger partial charge in [0.2, 0.25) is 0 Å². The van der Waals surface area contributed by atoms with E-state index in [0.717, 1.165) is 35.0 Å². The number of halogens is 2. The van der Waals surface area contributed by atoms with E-state index in [0.29, 0.717) is 6.61 Å². The number of aromatic nitrogens is 1. The zero-order valence-electron chi connectivity index (χ0n) is 13.7. The molecule has 0 aliphatic carbocycles. The van der Waals surface area contributed by atoms with Gasteiger partial charge in [-0.1, -0.05) is 41.9 Å². The van der Waals surface area contributed by atoms with Crippen molar-refractivity contribution in [1.29, 1.82) is 0 Å². The molecule has 0 saturated carbocycles. The molecule has 1 aromatic heterocycles. The molecule has 0 unspecified atom stereocenters. The molecule has 0 aliphatic rings. The summed E-state index contributed by atoms with van der Waals surface area (Å²) in [6, 6.07) is 19.8. The standard InChI is InChI=1S/C20H19ClN2O.ClH/c21-19-7-5-17(6-8-19)15-24-20-4-2-1-3-18(20)14-23-13-16-9-11-22-12-10-16;/h1-12,23H,13-15H2;1H/p-1. The Morgan fingerprint density at radius 3 is 2.32 bits per heavy atom. The first-order valence-corrected chi connectivity index (χ1v) is 8.24. The molecule has 0 spiro atoms. The van der Waals surface area contributed by atoms with Crippen molar-refractivity contribution in [1.82, 2.24) is 10.3 Å². The van der Waals surface area contributed by atoms with Gasteiger partial charge in [-0.2, -0.15) is 0 Å². The molecule has 0 saturated heterocycles. The fraction of sp³-hybridized carbons (Fsp3) is 0.150. The lowest BCUT2D eigenvalue weighted by molar-refractivity contribution is -0.00000514. The molecule has 0 atom stereocenters. The number of rotatable bonds is 7. The summed E-state index contributed by atoms with van der Waals surface area (Å²) in [7, 11) is 0. The first kappa shape index (κ1) is 19.3. The summed E-state index contributed by atoms with van der Waals surface area (Å²) in [6.07, 6.45) is 3.61. The topological polar surface area (TPSA) is 34.1 Å². The maximum absolute atomic E-state index is 5.97. The highest BCUT2D eigenvalue weighted by Crippen LogP contribution is 2.20. The number of nitrogens with one attached hydrogen (secondary N) is 1. The molecule has 0 aliphatic heterocycles. The molecule has 25 heavy (non-hydrogen) atoms. The Bertz CT molecular complexity index is 764. The molecule has 2 aromatic carbocycles. The Morgan fingerprint density at radius 2 is 1.56 bits per heavy atom. The molecule has 0 radical (unpaired) electrons. The van der Waals surface area contributed by atoms with Crippen LogP contribution in [-0.2, 0) is 19.7 Å². The third-order valence-electron chi connectivity index (χ3n) is 3.67. The van der Waals surface area contributed by atoms with Crippen LogP contribution >= 0.6 is 11.6 Å². The first-order chi connectivity index (χ1) is 11.8. The summed E-state index contributed by atoms with van der Waals surface area (Å²) >= 11 is 5.91. The molecule has 130 valence electrons. The second-order valence-electron chi connectivity index (χ2n) is 5.48. The van der Waals surface area contributed by atoms with Crippen molar-refractivity contribution < 1.29 is 17.1 Å². The molecule has 0 amide bonds. The lowest BCUT2D eigenvalue weighted by Gasteiger charge is -2.12. The van der Waals surface area contributed by atoms with E-state index in [9.17, 15) is 0 Å². The van der Waals surface area contributed by atoms with E-state index in [1.54, 1.807) is 12.4 Å². The van der Waals surface area contributed by atoms with Crippen molar-refractivity contribution >= 4 is 11.6 Å². The number of hydrogen-bond donors (Lipinski definition) is 1. The van der Waals surface area contributed by atoms with Crippen LogP contribution in [0.4, 0.5) is 0 Å². The molecule has 3 rings (SSSR count). The summed E-state index contributed by atoms with van der Waals surface area (Å²) < 4.78 is 5.97. The largest absolute Gasteiger partial charge is 1.00 e. The fourth-order valence-electron chi connectivity index (χ4n) is 2.37. The van der Waals surface area contributed by atoms with Crippen molar-refractivity contribution in [3.05, 3.63) is 94.8 Å². The van der Waals surface area contributed by atoms with E-state index in [4.69, 9.17) is 16.3 Å². The van der Waals surface area contributed by atoms with Gasteiger partial charge in [-0.3, -0.25) is 4.98 Å². The lowest BCUT2D eigenvalue weighted by Crippen LogP contribution is -3.00.